The second-order valence-electron chi connectivity index (χ2n) is 10.6. The highest BCUT2D eigenvalue weighted by Gasteiger charge is 2.23. The van der Waals surface area contributed by atoms with E-state index in [1.807, 2.05) is 36.4 Å². The quantitative estimate of drug-likeness (QED) is 0.248. The molecule has 1 saturated heterocycles. The van der Waals surface area contributed by atoms with Crippen molar-refractivity contribution >= 4 is 46.5 Å². The maximum atomic E-state index is 6.01. The number of anilines is 3. The number of thiocarbonyl (C=S) groups is 1. The number of rotatable bonds is 6. The van der Waals surface area contributed by atoms with Gasteiger partial charge in [0.1, 0.15) is 23.2 Å². The van der Waals surface area contributed by atoms with Crippen LogP contribution in [-0.2, 0) is 19.5 Å². The number of hydrogen-bond donors (Lipinski definition) is 2. The Hall–Kier alpha value is -3.62. The molecule has 40 heavy (non-hydrogen) atoms. The lowest BCUT2D eigenvalue weighted by molar-refractivity contribution is 0.444. The summed E-state index contributed by atoms with van der Waals surface area (Å²) >= 11 is 11.6. The zero-order valence-electron chi connectivity index (χ0n) is 22.6. The highest BCUT2D eigenvalue weighted by Crippen LogP contribution is 2.29. The number of hydrogen-bond acceptors (Lipinski definition) is 6. The van der Waals surface area contributed by atoms with E-state index in [0.717, 1.165) is 61.3 Å². The van der Waals surface area contributed by atoms with Crippen LogP contribution in [0.4, 0.5) is 17.6 Å². The Morgan fingerprint density at radius 1 is 1.00 bits per heavy atom. The second-order valence-corrected chi connectivity index (χ2v) is 11.5. The number of aromatic nitrogens is 2. The van der Waals surface area contributed by atoms with Gasteiger partial charge in [-0.2, -0.15) is 9.97 Å². The van der Waals surface area contributed by atoms with Gasteiger partial charge in [0.2, 0.25) is 5.95 Å². The van der Waals surface area contributed by atoms with Gasteiger partial charge in [-0.15, -0.1) is 0 Å². The molecule has 206 valence electrons. The highest BCUT2D eigenvalue weighted by molar-refractivity contribution is 7.80. The van der Waals surface area contributed by atoms with Crippen molar-refractivity contribution in [1.82, 2.24) is 15.3 Å². The first-order valence-corrected chi connectivity index (χ1v) is 14.6. The SMILES string of the molecule is C[C@@H]1CCCN(c2cc(N3CCc4ccccc4C3)nc(NC(=S)NCc3ccc(-c4ccc(Cl)cc4)o3)n2)C1. The molecular formula is C31H33ClN6OS. The van der Waals surface area contributed by atoms with Gasteiger partial charge in [0.25, 0.3) is 0 Å². The van der Waals surface area contributed by atoms with Crippen LogP contribution in [0.25, 0.3) is 11.3 Å². The molecule has 2 aliphatic heterocycles. The molecule has 0 saturated carbocycles. The standard InChI is InChI=1S/C31H33ClN6OS/c1-21-5-4-15-37(19-21)28-17-29(38-16-14-22-6-2-3-7-24(22)20-38)35-30(34-28)36-31(40)33-18-26-12-13-27(39-26)23-8-10-25(32)11-9-23/h2-3,6-13,17,21H,4-5,14-16,18-20H2,1H3,(H2,33,34,35,36,40)/t21-/m1/s1. The summed E-state index contributed by atoms with van der Waals surface area (Å²) < 4.78 is 6.01. The fourth-order valence-electron chi connectivity index (χ4n) is 5.45. The lowest BCUT2D eigenvalue weighted by Gasteiger charge is -2.34. The number of furan rings is 1. The molecule has 9 heteroatoms. The normalized spacial score (nSPS) is 16.9. The number of benzene rings is 2. The van der Waals surface area contributed by atoms with E-state index in [4.69, 9.17) is 38.2 Å². The molecule has 0 spiro atoms. The molecule has 4 heterocycles. The molecule has 0 amide bonds. The minimum Gasteiger partial charge on any atom is -0.459 e. The summed E-state index contributed by atoms with van der Waals surface area (Å²) in [5, 5.41) is 7.62. The molecule has 6 rings (SSSR count). The Kier molecular flexibility index (Phi) is 7.89. The van der Waals surface area contributed by atoms with E-state index in [9.17, 15) is 0 Å². The Morgan fingerprint density at radius 2 is 1.77 bits per heavy atom. The van der Waals surface area contributed by atoms with Crippen LogP contribution in [0.1, 0.15) is 36.7 Å². The van der Waals surface area contributed by atoms with Crippen molar-refractivity contribution in [2.24, 2.45) is 5.92 Å². The minimum absolute atomic E-state index is 0.443. The van der Waals surface area contributed by atoms with Gasteiger partial charge in [-0.25, -0.2) is 0 Å². The first-order valence-electron chi connectivity index (χ1n) is 13.9. The molecule has 2 N–H and O–H groups in total. The smallest absolute Gasteiger partial charge is 0.232 e. The predicted octanol–water partition coefficient (Wildman–Crippen LogP) is 6.68. The molecule has 2 aromatic carbocycles. The Labute approximate surface area is 245 Å². The van der Waals surface area contributed by atoms with Gasteiger partial charge in [0.05, 0.1) is 6.54 Å². The first kappa shape index (κ1) is 26.6. The summed E-state index contributed by atoms with van der Waals surface area (Å²) in [5.41, 5.74) is 3.74. The molecule has 7 nitrogen and oxygen atoms in total. The van der Waals surface area contributed by atoms with E-state index in [-0.39, 0.29) is 0 Å². The molecule has 2 aliphatic rings. The second kappa shape index (κ2) is 11.9. The number of nitrogens with zero attached hydrogens (tertiary/aromatic N) is 4. The molecular weight excluding hydrogens is 540 g/mol. The van der Waals surface area contributed by atoms with E-state index >= 15 is 0 Å². The van der Waals surface area contributed by atoms with Crippen LogP contribution < -0.4 is 20.4 Å². The Balaban J connectivity index is 1.17. The minimum atomic E-state index is 0.443. The van der Waals surface area contributed by atoms with E-state index in [0.29, 0.717) is 28.5 Å². The predicted molar refractivity (Wildman–Crippen MR) is 166 cm³/mol. The van der Waals surface area contributed by atoms with Crippen LogP contribution in [-0.4, -0.2) is 34.7 Å². The van der Waals surface area contributed by atoms with Crippen LogP contribution >= 0.6 is 23.8 Å². The van der Waals surface area contributed by atoms with Crippen molar-refractivity contribution in [2.45, 2.75) is 39.3 Å². The maximum Gasteiger partial charge on any atom is 0.232 e. The van der Waals surface area contributed by atoms with E-state index in [1.54, 1.807) is 0 Å². The summed E-state index contributed by atoms with van der Waals surface area (Å²) in [6.45, 7) is 6.50. The summed E-state index contributed by atoms with van der Waals surface area (Å²) in [4.78, 5) is 14.5. The lowest BCUT2D eigenvalue weighted by Crippen LogP contribution is -2.36. The van der Waals surface area contributed by atoms with Gasteiger partial charge >= 0.3 is 0 Å². The van der Waals surface area contributed by atoms with Crippen LogP contribution in [0.15, 0.2) is 71.1 Å². The third-order valence-corrected chi connectivity index (χ3v) is 8.07. The van der Waals surface area contributed by atoms with E-state index in [2.05, 4.69) is 57.7 Å². The Bertz CT molecular complexity index is 1490. The van der Waals surface area contributed by atoms with E-state index < -0.39 is 0 Å². The maximum absolute atomic E-state index is 6.01. The lowest BCUT2D eigenvalue weighted by atomic mass is 10.00. The molecule has 1 atom stereocenters. The van der Waals surface area contributed by atoms with Crippen molar-refractivity contribution in [3.05, 3.63) is 88.6 Å². The van der Waals surface area contributed by atoms with E-state index in [1.165, 1.54) is 24.0 Å². The van der Waals surface area contributed by atoms with Gasteiger partial charge < -0.3 is 24.9 Å². The topological polar surface area (TPSA) is 69.5 Å². The van der Waals surface area contributed by atoms with Crippen molar-refractivity contribution in [3.63, 3.8) is 0 Å². The monoisotopic (exact) mass is 572 g/mol. The van der Waals surface area contributed by atoms with Crippen molar-refractivity contribution in [1.29, 1.82) is 0 Å². The number of halogens is 1. The zero-order valence-corrected chi connectivity index (χ0v) is 24.1. The molecule has 0 bridgehead atoms. The summed E-state index contributed by atoms with van der Waals surface area (Å²) in [7, 11) is 0. The fraction of sp³-hybridized carbons (Fsp3) is 0.323. The van der Waals surface area contributed by atoms with Crippen LogP contribution in [0.5, 0.6) is 0 Å². The molecule has 4 aromatic rings. The van der Waals surface area contributed by atoms with Crippen molar-refractivity contribution < 1.29 is 4.42 Å². The molecule has 2 aromatic heterocycles. The summed E-state index contributed by atoms with van der Waals surface area (Å²) in [6.07, 6.45) is 3.42. The number of nitrogens with one attached hydrogen (secondary N) is 2. The first-order chi connectivity index (χ1) is 19.5. The fourth-order valence-corrected chi connectivity index (χ4v) is 5.74. The average molecular weight is 573 g/mol. The van der Waals surface area contributed by atoms with Crippen LogP contribution in [0.3, 0.4) is 0 Å². The summed E-state index contributed by atoms with van der Waals surface area (Å²) in [6, 6.07) is 22.3. The zero-order chi connectivity index (χ0) is 27.5. The van der Waals surface area contributed by atoms with Crippen LogP contribution in [0.2, 0.25) is 5.02 Å². The molecule has 0 aliphatic carbocycles. The summed E-state index contributed by atoms with van der Waals surface area (Å²) in [5.74, 6) is 4.56. The largest absolute Gasteiger partial charge is 0.459 e. The van der Waals surface area contributed by atoms with Crippen molar-refractivity contribution in [2.75, 3.05) is 34.8 Å². The third-order valence-electron chi connectivity index (χ3n) is 7.57. The molecule has 0 unspecified atom stereocenters. The number of piperidine rings is 1. The average Bonchev–Trinajstić information content (AvgIpc) is 3.45. The van der Waals surface area contributed by atoms with Gasteiger partial charge in [0.15, 0.2) is 5.11 Å². The van der Waals surface area contributed by atoms with Gasteiger partial charge in [0, 0.05) is 42.8 Å². The molecule has 0 radical (unpaired) electrons. The highest BCUT2D eigenvalue weighted by atomic mass is 35.5. The van der Waals surface area contributed by atoms with Gasteiger partial charge in [-0.3, -0.25) is 0 Å². The third kappa shape index (κ3) is 6.24. The van der Waals surface area contributed by atoms with Crippen LogP contribution in [0, 0.1) is 5.92 Å². The van der Waals surface area contributed by atoms with Gasteiger partial charge in [-0.05, 0) is 84.9 Å². The molecule has 1 fully saturated rings. The van der Waals surface area contributed by atoms with Gasteiger partial charge in [-0.1, -0.05) is 42.8 Å². The number of fused-ring (bicyclic) bond motifs is 1. The Morgan fingerprint density at radius 3 is 2.58 bits per heavy atom. The van der Waals surface area contributed by atoms with Crippen molar-refractivity contribution in [3.8, 4) is 11.3 Å².